The Morgan fingerprint density at radius 3 is 2.44 bits per heavy atom. The quantitative estimate of drug-likeness (QED) is 0.589. The van der Waals surface area contributed by atoms with Gasteiger partial charge in [0, 0.05) is 11.9 Å². The zero-order valence-electron chi connectivity index (χ0n) is 5.89. The highest BCUT2D eigenvalue weighted by Crippen LogP contribution is 1.90. The van der Waals surface area contributed by atoms with Gasteiger partial charge in [-0.1, -0.05) is 13.8 Å². The normalized spacial score (nSPS) is 7.89. The van der Waals surface area contributed by atoms with Crippen LogP contribution in [0.25, 0.3) is 0 Å². The average Bonchev–Trinajstić information content (AvgIpc) is 2.43. The average molecular weight is 127 g/mol. The molecule has 0 saturated carbocycles. The molecule has 1 heterocycles. The Morgan fingerprint density at radius 2 is 2.22 bits per heavy atom. The van der Waals surface area contributed by atoms with Crippen molar-refractivity contribution in [1.29, 1.82) is 0 Å². The van der Waals surface area contributed by atoms with Gasteiger partial charge in [0.2, 0.25) is 0 Å². The van der Waals surface area contributed by atoms with Crippen LogP contribution >= 0.6 is 0 Å². The van der Waals surface area contributed by atoms with Gasteiger partial charge in [0.15, 0.2) is 0 Å². The molecule has 0 spiro atoms. The first-order valence-corrected chi connectivity index (χ1v) is 3.16. The first kappa shape index (κ1) is 8.24. The summed E-state index contributed by atoms with van der Waals surface area (Å²) in [6.07, 6.45) is 1.78. The summed E-state index contributed by atoms with van der Waals surface area (Å²) in [4.78, 5) is 2.84. The number of rotatable bonds is 1. The zero-order chi connectivity index (χ0) is 7.11. The van der Waals surface area contributed by atoms with Crippen molar-refractivity contribution >= 4 is 0 Å². The maximum absolute atomic E-state index is 8.40. The van der Waals surface area contributed by atoms with E-state index >= 15 is 0 Å². The van der Waals surface area contributed by atoms with Crippen LogP contribution in [0.2, 0.25) is 0 Å². The molecule has 0 aliphatic heterocycles. The fourth-order valence-corrected chi connectivity index (χ4v) is 0.466. The van der Waals surface area contributed by atoms with Gasteiger partial charge in [-0.2, -0.15) is 0 Å². The minimum absolute atomic E-state index is 0.104. The standard InChI is InChI=1S/C5H7NO.C2H6/c7-4-5-2-1-3-6-5;1-2/h1-3,6-7H,4H2;1-2H3. The fourth-order valence-electron chi connectivity index (χ4n) is 0.466. The lowest BCUT2D eigenvalue weighted by molar-refractivity contribution is 0.277. The van der Waals surface area contributed by atoms with E-state index in [0.29, 0.717) is 0 Å². The monoisotopic (exact) mass is 127 g/mol. The number of H-pyrrole nitrogens is 1. The first-order valence-electron chi connectivity index (χ1n) is 3.16. The molecule has 2 heteroatoms. The van der Waals surface area contributed by atoms with Crippen LogP contribution in [0.4, 0.5) is 0 Å². The van der Waals surface area contributed by atoms with Gasteiger partial charge in [-0.05, 0) is 12.1 Å². The zero-order valence-corrected chi connectivity index (χ0v) is 5.89. The highest BCUT2D eigenvalue weighted by Gasteiger charge is 1.82. The highest BCUT2D eigenvalue weighted by atomic mass is 16.3. The highest BCUT2D eigenvalue weighted by molar-refractivity contribution is 5.01. The van der Waals surface area contributed by atoms with Crippen LogP contribution in [-0.4, -0.2) is 10.1 Å². The molecule has 0 atom stereocenters. The third-order valence-corrected chi connectivity index (χ3v) is 0.833. The van der Waals surface area contributed by atoms with Gasteiger partial charge in [-0.3, -0.25) is 0 Å². The lowest BCUT2D eigenvalue weighted by Gasteiger charge is -1.81. The summed E-state index contributed by atoms with van der Waals surface area (Å²) in [5.74, 6) is 0. The molecule has 0 amide bonds. The molecule has 0 aromatic carbocycles. The van der Waals surface area contributed by atoms with Gasteiger partial charge < -0.3 is 10.1 Å². The van der Waals surface area contributed by atoms with Crippen molar-refractivity contribution in [2.45, 2.75) is 20.5 Å². The van der Waals surface area contributed by atoms with Crippen LogP contribution in [-0.2, 0) is 6.61 Å². The molecule has 1 rings (SSSR count). The van der Waals surface area contributed by atoms with Crippen LogP contribution in [0.5, 0.6) is 0 Å². The predicted octanol–water partition coefficient (Wildman–Crippen LogP) is 1.53. The fraction of sp³-hybridized carbons (Fsp3) is 0.429. The Kier molecular flexibility index (Phi) is 4.92. The molecule has 2 nitrogen and oxygen atoms in total. The molecular weight excluding hydrogens is 114 g/mol. The number of aromatic nitrogens is 1. The van der Waals surface area contributed by atoms with Gasteiger partial charge in [0.25, 0.3) is 0 Å². The minimum atomic E-state index is 0.104. The molecule has 2 N–H and O–H groups in total. The minimum Gasteiger partial charge on any atom is -0.390 e. The molecule has 9 heavy (non-hydrogen) atoms. The molecule has 0 saturated heterocycles. The Balaban J connectivity index is 0.000000291. The van der Waals surface area contributed by atoms with E-state index in [2.05, 4.69) is 4.98 Å². The number of hydrogen-bond donors (Lipinski definition) is 2. The SMILES string of the molecule is CC.OCc1ccc[nH]1. The van der Waals surface area contributed by atoms with Crippen molar-refractivity contribution in [1.82, 2.24) is 4.98 Å². The van der Waals surface area contributed by atoms with E-state index in [0.717, 1.165) is 5.69 Å². The summed E-state index contributed by atoms with van der Waals surface area (Å²) in [5.41, 5.74) is 0.861. The Morgan fingerprint density at radius 1 is 1.56 bits per heavy atom. The topological polar surface area (TPSA) is 36.0 Å². The number of aromatic amines is 1. The van der Waals surface area contributed by atoms with Gasteiger partial charge in [0.1, 0.15) is 0 Å². The first-order chi connectivity index (χ1) is 4.43. The number of aliphatic hydroxyl groups is 1. The summed E-state index contributed by atoms with van der Waals surface area (Å²) in [5, 5.41) is 8.40. The van der Waals surface area contributed by atoms with Crippen molar-refractivity contribution in [3.63, 3.8) is 0 Å². The van der Waals surface area contributed by atoms with Crippen molar-refractivity contribution in [3.8, 4) is 0 Å². The molecule has 0 unspecified atom stereocenters. The van der Waals surface area contributed by atoms with E-state index in [1.54, 1.807) is 6.20 Å². The van der Waals surface area contributed by atoms with Gasteiger partial charge in [0.05, 0.1) is 6.61 Å². The second-order valence-electron chi connectivity index (χ2n) is 1.35. The molecule has 0 fully saturated rings. The van der Waals surface area contributed by atoms with Crippen molar-refractivity contribution in [2.24, 2.45) is 0 Å². The van der Waals surface area contributed by atoms with E-state index < -0.39 is 0 Å². The van der Waals surface area contributed by atoms with Crippen molar-refractivity contribution < 1.29 is 5.11 Å². The Bertz CT molecular complexity index is 123. The molecule has 1 aromatic heterocycles. The molecule has 52 valence electrons. The maximum Gasteiger partial charge on any atom is 0.0830 e. The largest absolute Gasteiger partial charge is 0.390 e. The van der Waals surface area contributed by atoms with Crippen LogP contribution in [0.3, 0.4) is 0 Å². The summed E-state index contributed by atoms with van der Waals surface area (Å²) in [6.45, 7) is 4.10. The van der Waals surface area contributed by atoms with E-state index in [4.69, 9.17) is 5.11 Å². The second-order valence-corrected chi connectivity index (χ2v) is 1.35. The van der Waals surface area contributed by atoms with E-state index in [9.17, 15) is 0 Å². The van der Waals surface area contributed by atoms with Crippen LogP contribution in [0.15, 0.2) is 18.3 Å². The maximum atomic E-state index is 8.40. The smallest absolute Gasteiger partial charge is 0.0830 e. The number of aliphatic hydroxyl groups excluding tert-OH is 1. The van der Waals surface area contributed by atoms with Crippen LogP contribution in [0.1, 0.15) is 19.5 Å². The molecular formula is C7H13NO. The third kappa shape index (κ3) is 2.93. The molecule has 0 radical (unpaired) electrons. The summed E-state index contributed by atoms with van der Waals surface area (Å²) in [7, 11) is 0. The van der Waals surface area contributed by atoms with Gasteiger partial charge in [-0.25, -0.2) is 0 Å². The Labute approximate surface area is 55.5 Å². The molecule has 0 aliphatic rings. The summed E-state index contributed by atoms with van der Waals surface area (Å²) in [6, 6.07) is 3.69. The van der Waals surface area contributed by atoms with E-state index in [1.807, 2.05) is 26.0 Å². The third-order valence-electron chi connectivity index (χ3n) is 0.833. The second kappa shape index (κ2) is 5.38. The Hall–Kier alpha value is -0.760. The van der Waals surface area contributed by atoms with E-state index in [1.165, 1.54) is 0 Å². The van der Waals surface area contributed by atoms with Crippen molar-refractivity contribution in [2.75, 3.05) is 0 Å². The number of hydrogen-bond acceptors (Lipinski definition) is 1. The lowest BCUT2D eigenvalue weighted by atomic mass is 10.5. The predicted molar refractivity (Wildman–Crippen MR) is 38.1 cm³/mol. The van der Waals surface area contributed by atoms with Gasteiger partial charge in [-0.15, -0.1) is 0 Å². The number of nitrogens with one attached hydrogen (secondary N) is 1. The van der Waals surface area contributed by atoms with Crippen LogP contribution < -0.4 is 0 Å². The summed E-state index contributed by atoms with van der Waals surface area (Å²) >= 11 is 0. The van der Waals surface area contributed by atoms with Gasteiger partial charge >= 0.3 is 0 Å². The molecule has 0 aliphatic carbocycles. The molecule has 1 aromatic rings. The summed E-state index contributed by atoms with van der Waals surface area (Å²) < 4.78 is 0. The van der Waals surface area contributed by atoms with Crippen LogP contribution in [0, 0.1) is 0 Å². The lowest BCUT2D eigenvalue weighted by Crippen LogP contribution is -1.77. The molecule has 0 bridgehead atoms. The van der Waals surface area contributed by atoms with Crippen molar-refractivity contribution in [3.05, 3.63) is 24.0 Å². The van der Waals surface area contributed by atoms with E-state index in [-0.39, 0.29) is 6.61 Å².